The van der Waals surface area contributed by atoms with E-state index in [0.29, 0.717) is 18.0 Å². The number of imide groups is 1. The zero-order valence-corrected chi connectivity index (χ0v) is 11.9. The van der Waals surface area contributed by atoms with Gasteiger partial charge in [-0.25, -0.2) is 4.79 Å². The van der Waals surface area contributed by atoms with E-state index in [2.05, 4.69) is 5.32 Å². The summed E-state index contributed by atoms with van der Waals surface area (Å²) in [5.74, 6) is 1.05. The first-order valence-corrected chi connectivity index (χ1v) is 6.85. The summed E-state index contributed by atoms with van der Waals surface area (Å²) in [6.07, 6.45) is 2.41. The molecule has 0 aliphatic carbocycles. The van der Waals surface area contributed by atoms with Crippen molar-refractivity contribution in [1.29, 1.82) is 0 Å². The van der Waals surface area contributed by atoms with E-state index in [4.69, 9.17) is 9.47 Å². The van der Waals surface area contributed by atoms with Crippen molar-refractivity contribution in [2.75, 3.05) is 13.3 Å². The van der Waals surface area contributed by atoms with Gasteiger partial charge in [0.15, 0.2) is 11.5 Å². The molecule has 2 aliphatic heterocycles. The standard InChI is InChI=1S/C15H16N2O4/c1-3-4-17-14(18)11(16-15(17)19)6-10-7-13-12(5-9(10)2)20-8-21-13/h5-7H,3-4,8H2,1-2H3,(H,16,19)/b11-6+. The molecule has 3 rings (SSSR count). The molecule has 110 valence electrons. The zero-order chi connectivity index (χ0) is 15.0. The second-order valence-corrected chi connectivity index (χ2v) is 5.01. The Labute approximate surface area is 122 Å². The molecule has 0 bridgehead atoms. The molecule has 2 aliphatic rings. The largest absolute Gasteiger partial charge is 0.454 e. The third-order valence-electron chi connectivity index (χ3n) is 3.47. The van der Waals surface area contributed by atoms with Crippen molar-refractivity contribution in [3.63, 3.8) is 0 Å². The lowest BCUT2D eigenvalue weighted by Crippen LogP contribution is -2.31. The Morgan fingerprint density at radius 3 is 2.71 bits per heavy atom. The number of carbonyl (C=O) groups is 2. The number of urea groups is 1. The highest BCUT2D eigenvalue weighted by atomic mass is 16.7. The Morgan fingerprint density at radius 1 is 1.29 bits per heavy atom. The van der Waals surface area contributed by atoms with E-state index in [-0.39, 0.29) is 24.4 Å². The summed E-state index contributed by atoms with van der Waals surface area (Å²) in [6.45, 7) is 4.46. The summed E-state index contributed by atoms with van der Waals surface area (Å²) in [4.78, 5) is 25.1. The molecule has 0 saturated carbocycles. The van der Waals surface area contributed by atoms with Crippen LogP contribution in [-0.4, -0.2) is 30.2 Å². The summed E-state index contributed by atoms with van der Waals surface area (Å²) >= 11 is 0. The van der Waals surface area contributed by atoms with Crippen LogP contribution in [0.4, 0.5) is 4.79 Å². The highest BCUT2D eigenvalue weighted by Gasteiger charge is 2.32. The molecular weight excluding hydrogens is 272 g/mol. The maximum Gasteiger partial charge on any atom is 0.329 e. The van der Waals surface area contributed by atoms with E-state index in [0.717, 1.165) is 17.5 Å². The van der Waals surface area contributed by atoms with Gasteiger partial charge in [-0.05, 0) is 42.7 Å². The molecule has 1 aromatic rings. The quantitative estimate of drug-likeness (QED) is 0.682. The lowest BCUT2D eigenvalue weighted by molar-refractivity contribution is -0.122. The summed E-state index contributed by atoms with van der Waals surface area (Å²) in [7, 11) is 0. The lowest BCUT2D eigenvalue weighted by atomic mass is 10.1. The van der Waals surface area contributed by atoms with Gasteiger partial charge in [0.2, 0.25) is 6.79 Å². The highest BCUT2D eigenvalue weighted by Crippen LogP contribution is 2.35. The van der Waals surface area contributed by atoms with Crippen molar-refractivity contribution >= 4 is 18.0 Å². The molecule has 0 radical (unpaired) electrons. The summed E-state index contributed by atoms with van der Waals surface area (Å²) < 4.78 is 10.6. The van der Waals surface area contributed by atoms with Crippen molar-refractivity contribution in [2.24, 2.45) is 0 Å². The van der Waals surface area contributed by atoms with E-state index in [1.165, 1.54) is 4.90 Å². The molecule has 1 N–H and O–H groups in total. The first-order chi connectivity index (χ1) is 10.1. The molecule has 1 fully saturated rings. The van der Waals surface area contributed by atoms with E-state index < -0.39 is 0 Å². The van der Waals surface area contributed by atoms with Gasteiger partial charge in [-0.1, -0.05) is 6.92 Å². The normalized spacial score (nSPS) is 18.6. The van der Waals surface area contributed by atoms with Crippen LogP contribution in [0.2, 0.25) is 0 Å². The molecule has 2 heterocycles. The number of ether oxygens (including phenoxy) is 2. The fraction of sp³-hybridized carbons (Fsp3) is 0.333. The van der Waals surface area contributed by atoms with Gasteiger partial charge in [0.25, 0.3) is 5.91 Å². The van der Waals surface area contributed by atoms with Crippen LogP contribution in [0, 0.1) is 6.92 Å². The van der Waals surface area contributed by atoms with Crippen molar-refractivity contribution in [1.82, 2.24) is 10.2 Å². The number of hydrogen-bond acceptors (Lipinski definition) is 4. The van der Waals surface area contributed by atoms with Gasteiger partial charge in [0.05, 0.1) is 0 Å². The van der Waals surface area contributed by atoms with Crippen LogP contribution < -0.4 is 14.8 Å². The van der Waals surface area contributed by atoms with Crippen molar-refractivity contribution < 1.29 is 19.1 Å². The van der Waals surface area contributed by atoms with Crippen LogP contribution in [-0.2, 0) is 4.79 Å². The van der Waals surface area contributed by atoms with Crippen LogP contribution in [0.3, 0.4) is 0 Å². The summed E-state index contributed by atoms with van der Waals surface area (Å²) in [5, 5.41) is 2.61. The third-order valence-corrected chi connectivity index (χ3v) is 3.47. The first-order valence-electron chi connectivity index (χ1n) is 6.85. The average molecular weight is 288 g/mol. The molecule has 6 nitrogen and oxygen atoms in total. The summed E-state index contributed by atoms with van der Waals surface area (Å²) in [6, 6.07) is 3.30. The number of rotatable bonds is 3. The number of nitrogens with zero attached hydrogens (tertiary/aromatic N) is 1. The second-order valence-electron chi connectivity index (χ2n) is 5.01. The minimum Gasteiger partial charge on any atom is -0.454 e. The first kappa shape index (κ1) is 13.5. The number of hydrogen-bond donors (Lipinski definition) is 1. The third kappa shape index (κ3) is 2.33. The molecule has 1 saturated heterocycles. The number of nitrogens with one attached hydrogen (secondary N) is 1. The van der Waals surface area contributed by atoms with E-state index in [9.17, 15) is 9.59 Å². The van der Waals surface area contributed by atoms with Crippen molar-refractivity contribution in [3.05, 3.63) is 29.0 Å². The molecule has 1 aromatic carbocycles. The lowest BCUT2D eigenvalue weighted by Gasteiger charge is -2.08. The minimum absolute atomic E-state index is 0.203. The maximum atomic E-state index is 12.2. The SMILES string of the molecule is CCCN1C(=O)N/C(=C/c2cc3c(cc2C)OCO3)C1=O. The number of fused-ring (bicyclic) bond motifs is 1. The molecule has 6 heteroatoms. The van der Waals surface area contributed by atoms with Gasteiger partial charge in [-0.2, -0.15) is 0 Å². The predicted molar refractivity (Wildman–Crippen MR) is 75.8 cm³/mol. The van der Waals surface area contributed by atoms with Gasteiger partial charge in [-0.3, -0.25) is 9.69 Å². The smallest absolute Gasteiger partial charge is 0.329 e. The Morgan fingerprint density at radius 2 is 2.00 bits per heavy atom. The Hall–Kier alpha value is -2.50. The Balaban J connectivity index is 1.92. The second kappa shape index (κ2) is 5.12. The molecule has 0 atom stereocenters. The number of amides is 3. The van der Waals surface area contributed by atoms with Gasteiger partial charge < -0.3 is 14.8 Å². The number of benzene rings is 1. The fourth-order valence-electron chi connectivity index (χ4n) is 2.37. The van der Waals surface area contributed by atoms with Crippen LogP contribution in [0.5, 0.6) is 11.5 Å². The van der Waals surface area contributed by atoms with Crippen LogP contribution in [0.15, 0.2) is 17.8 Å². The van der Waals surface area contributed by atoms with E-state index in [1.807, 2.05) is 26.0 Å². The van der Waals surface area contributed by atoms with Gasteiger partial charge in [0.1, 0.15) is 5.70 Å². The topological polar surface area (TPSA) is 67.9 Å². The molecule has 0 spiro atoms. The molecule has 0 aromatic heterocycles. The molecule has 3 amide bonds. The average Bonchev–Trinajstić information content (AvgIpc) is 2.99. The van der Waals surface area contributed by atoms with Gasteiger partial charge >= 0.3 is 6.03 Å². The van der Waals surface area contributed by atoms with Crippen LogP contribution >= 0.6 is 0 Å². The number of aryl methyl sites for hydroxylation is 1. The Bertz CT molecular complexity index is 651. The Kier molecular flexibility index (Phi) is 3.29. The van der Waals surface area contributed by atoms with Crippen molar-refractivity contribution in [2.45, 2.75) is 20.3 Å². The van der Waals surface area contributed by atoms with Crippen molar-refractivity contribution in [3.8, 4) is 11.5 Å². The fourth-order valence-corrected chi connectivity index (χ4v) is 2.37. The van der Waals surface area contributed by atoms with Crippen LogP contribution in [0.1, 0.15) is 24.5 Å². The monoisotopic (exact) mass is 288 g/mol. The van der Waals surface area contributed by atoms with E-state index in [1.54, 1.807) is 6.08 Å². The predicted octanol–water partition coefficient (Wildman–Crippen LogP) is 2.03. The zero-order valence-electron chi connectivity index (χ0n) is 11.9. The van der Waals surface area contributed by atoms with Crippen LogP contribution in [0.25, 0.3) is 6.08 Å². The van der Waals surface area contributed by atoms with Gasteiger partial charge in [-0.15, -0.1) is 0 Å². The molecule has 0 unspecified atom stereocenters. The van der Waals surface area contributed by atoms with E-state index >= 15 is 0 Å². The molecule has 21 heavy (non-hydrogen) atoms. The maximum absolute atomic E-state index is 12.2. The highest BCUT2D eigenvalue weighted by molar-refractivity contribution is 6.14. The minimum atomic E-state index is -0.369. The molecular formula is C15H16N2O4. The number of carbonyl (C=O) groups excluding carboxylic acids is 2. The summed E-state index contributed by atoms with van der Waals surface area (Å²) in [5.41, 5.74) is 2.06. The van der Waals surface area contributed by atoms with Gasteiger partial charge in [0, 0.05) is 6.54 Å².